The van der Waals surface area contributed by atoms with Crippen LogP contribution in [0.4, 0.5) is 0 Å². The average molecular weight is 263 g/mol. The fraction of sp³-hybridized carbons (Fsp3) is 0.917. The second kappa shape index (κ2) is 5.55. The van der Waals surface area contributed by atoms with Crippen LogP contribution in [-0.4, -0.2) is 36.2 Å². The van der Waals surface area contributed by atoms with E-state index in [4.69, 9.17) is 0 Å². The normalized spacial score (nSPS) is 29.9. The topological polar surface area (TPSA) is 61.4 Å². The fourth-order valence-electron chi connectivity index (χ4n) is 2.42. The average Bonchev–Trinajstić information content (AvgIpc) is 2.92. The van der Waals surface area contributed by atoms with Crippen molar-refractivity contribution in [1.29, 1.82) is 0 Å². The Hall–Kier alpha value is -0.320. The van der Waals surface area contributed by atoms with Gasteiger partial charge < -0.3 is 15.7 Å². The molecule has 100 valence electrons. The molecule has 1 saturated heterocycles. The maximum Gasteiger partial charge on any atom is 0.237 e. The third kappa shape index (κ3) is 3.33. The summed E-state index contributed by atoms with van der Waals surface area (Å²) in [6.07, 6.45) is 2.63. The van der Waals surface area contributed by atoms with Crippen LogP contribution in [-0.2, 0) is 4.79 Å². The van der Waals surface area contributed by atoms with E-state index in [-0.39, 0.29) is 30.5 Å². The second-order valence-corrected chi connectivity index (χ2v) is 5.59. The third-order valence-corrected chi connectivity index (χ3v) is 4.16. The number of carbonyl (C=O) groups is 1. The standard InChI is InChI=1S/C12H22N2O2.ClH/c1-8(2)12(3-4-12)7-14-11(16)10-5-9(15)6-13-10;/h8-10,13,15H,3-7H2,1-2H3,(H,14,16);1H. The first-order valence-electron chi connectivity index (χ1n) is 6.23. The molecule has 5 heteroatoms. The van der Waals surface area contributed by atoms with E-state index in [0.29, 0.717) is 24.3 Å². The van der Waals surface area contributed by atoms with Gasteiger partial charge in [0.15, 0.2) is 0 Å². The molecule has 1 aliphatic heterocycles. The Bertz CT molecular complexity index is 280. The summed E-state index contributed by atoms with van der Waals surface area (Å²) < 4.78 is 0. The molecule has 0 spiro atoms. The lowest BCUT2D eigenvalue weighted by molar-refractivity contribution is -0.123. The highest BCUT2D eigenvalue weighted by atomic mass is 35.5. The van der Waals surface area contributed by atoms with Crippen LogP contribution in [0, 0.1) is 11.3 Å². The Morgan fingerprint density at radius 3 is 2.59 bits per heavy atom. The van der Waals surface area contributed by atoms with Crippen molar-refractivity contribution >= 4 is 18.3 Å². The molecule has 2 atom stereocenters. The molecule has 0 aromatic heterocycles. The first-order valence-corrected chi connectivity index (χ1v) is 6.23. The van der Waals surface area contributed by atoms with Crippen LogP contribution in [0.25, 0.3) is 0 Å². The maximum atomic E-state index is 11.8. The predicted molar refractivity (Wildman–Crippen MR) is 69.2 cm³/mol. The molecule has 0 aromatic rings. The minimum absolute atomic E-state index is 0. The van der Waals surface area contributed by atoms with Crippen LogP contribution >= 0.6 is 12.4 Å². The lowest BCUT2D eigenvalue weighted by Crippen LogP contribution is -2.43. The molecule has 2 unspecified atom stereocenters. The molecule has 1 heterocycles. The quantitative estimate of drug-likeness (QED) is 0.698. The minimum Gasteiger partial charge on any atom is -0.392 e. The molecule has 17 heavy (non-hydrogen) atoms. The number of amides is 1. The van der Waals surface area contributed by atoms with Gasteiger partial charge in [0.2, 0.25) is 5.91 Å². The van der Waals surface area contributed by atoms with Gasteiger partial charge in [-0.05, 0) is 30.6 Å². The molecule has 2 fully saturated rings. The van der Waals surface area contributed by atoms with Crippen LogP contribution in [0.1, 0.15) is 33.1 Å². The van der Waals surface area contributed by atoms with Gasteiger partial charge in [-0.2, -0.15) is 0 Å². The number of halogens is 1. The summed E-state index contributed by atoms with van der Waals surface area (Å²) in [4.78, 5) is 11.8. The molecular formula is C12H23ClN2O2. The lowest BCUT2D eigenvalue weighted by atomic mass is 9.92. The highest BCUT2D eigenvalue weighted by Gasteiger charge is 2.45. The Kier molecular flexibility index (Phi) is 4.81. The number of aliphatic hydroxyl groups is 1. The van der Waals surface area contributed by atoms with Crippen molar-refractivity contribution in [3.8, 4) is 0 Å². The molecule has 0 radical (unpaired) electrons. The summed E-state index contributed by atoms with van der Waals surface area (Å²) in [7, 11) is 0. The zero-order valence-electron chi connectivity index (χ0n) is 10.5. The highest BCUT2D eigenvalue weighted by molar-refractivity contribution is 5.85. The number of nitrogens with one attached hydrogen (secondary N) is 2. The van der Waals surface area contributed by atoms with Gasteiger partial charge in [0.25, 0.3) is 0 Å². The zero-order chi connectivity index (χ0) is 11.8. The molecular weight excluding hydrogens is 240 g/mol. The fourth-order valence-corrected chi connectivity index (χ4v) is 2.42. The van der Waals surface area contributed by atoms with Gasteiger partial charge in [0.05, 0.1) is 12.1 Å². The van der Waals surface area contributed by atoms with Crippen molar-refractivity contribution in [3.63, 3.8) is 0 Å². The van der Waals surface area contributed by atoms with Gasteiger partial charge in [-0.15, -0.1) is 12.4 Å². The largest absolute Gasteiger partial charge is 0.392 e. The van der Waals surface area contributed by atoms with E-state index in [1.54, 1.807) is 0 Å². The van der Waals surface area contributed by atoms with E-state index < -0.39 is 0 Å². The predicted octanol–water partition coefficient (Wildman–Crippen LogP) is 0.683. The van der Waals surface area contributed by atoms with Gasteiger partial charge in [-0.3, -0.25) is 4.79 Å². The third-order valence-electron chi connectivity index (χ3n) is 4.16. The molecule has 1 saturated carbocycles. The van der Waals surface area contributed by atoms with Gasteiger partial charge >= 0.3 is 0 Å². The van der Waals surface area contributed by atoms with Crippen LogP contribution in [0.2, 0.25) is 0 Å². The van der Waals surface area contributed by atoms with Crippen molar-refractivity contribution in [3.05, 3.63) is 0 Å². The van der Waals surface area contributed by atoms with Gasteiger partial charge in [0.1, 0.15) is 0 Å². The highest BCUT2D eigenvalue weighted by Crippen LogP contribution is 2.51. The van der Waals surface area contributed by atoms with Crippen molar-refractivity contribution < 1.29 is 9.90 Å². The van der Waals surface area contributed by atoms with Gasteiger partial charge in [-0.1, -0.05) is 13.8 Å². The minimum atomic E-state index is -0.365. The first kappa shape index (κ1) is 14.7. The van der Waals surface area contributed by atoms with Crippen molar-refractivity contribution in [2.24, 2.45) is 11.3 Å². The molecule has 2 rings (SSSR count). The number of hydrogen-bond donors (Lipinski definition) is 3. The number of hydrogen-bond acceptors (Lipinski definition) is 3. The molecule has 0 bridgehead atoms. The molecule has 0 aromatic carbocycles. The summed E-state index contributed by atoms with van der Waals surface area (Å²) in [5, 5.41) is 15.4. The van der Waals surface area contributed by atoms with E-state index in [1.165, 1.54) is 12.8 Å². The number of rotatable bonds is 4. The molecule has 4 nitrogen and oxygen atoms in total. The summed E-state index contributed by atoms with van der Waals surface area (Å²) in [6, 6.07) is -0.196. The van der Waals surface area contributed by atoms with Crippen molar-refractivity contribution in [2.45, 2.75) is 45.3 Å². The van der Waals surface area contributed by atoms with Crippen molar-refractivity contribution in [2.75, 3.05) is 13.1 Å². The van der Waals surface area contributed by atoms with Crippen LogP contribution in [0.15, 0.2) is 0 Å². The lowest BCUT2D eigenvalue weighted by Gasteiger charge is -2.21. The Labute approximate surface area is 109 Å². The van der Waals surface area contributed by atoms with E-state index in [2.05, 4.69) is 24.5 Å². The Morgan fingerprint density at radius 2 is 2.18 bits per heavy atom. The summed E-state index contributed by atoms with van der Waals surface area (Å²) in [5.41, 5.74) is 0.354. The van der Waals surface area contributed by atoms with Gasteiger partial charge in [-0.25, -0.2) is 0 Å². The zero-order valence-corrected chi connectivity index (χ0v) is 11.3. The van der Waals surface area contributed by atoms with E-state index in [0.717, 1.165) is 6.54 Å². The summed E-state index contributed by atoms with van der Waals surface area (Å²) >= 11 is 0. The molecule has 1 amide bonds. The molecule has 3 N–H and O–H groups in total. The maximum absolute atomic E-state index is 11.8. The van der Waals surface area contributed by atoms with Crippen LogP contribution < -0.4 is 10.6 Å². The van der Waals surface area contributed by atoms with E-state index in [9.17, 15) is 9.90 Å². The SMILES string of the molecule is CC(C)C1(CNC(=O)C2CC(O)CN2)CC1.Cl. The first-order chi connectivity index (χ1) is 7.53. The van der Waals surface area contributed by atoms with E-state index in [1.807, 2.05) is 0 Å². The monoisotopic (exact) mass is 262 g/mol. The Balaban J connectivity index is 0.00000144. The Morgan fingerprint density at radius 1 is 1.53 bits per heavy atom. The number of aliphatic hydroxyl groups excluding tert-OH is 1. The summed E-state index contributed by atoms with van der Waals surface area (Å²) in [5.74, 6) is 0.679. The van der Waals surface area contributed by atoms with Crippen LogP contribution in [0.3, 0.4) is 0 Å². The smallest absolute Gasteiger partial charge is 0.237 e. The second-order valence-electron chi connectivity index (χ2n) is 5.59. The van der Waals surface area contributed by atoms with Crippen molar-refractivity contribution in [1.82, 2.24) is 10.6 Å². The van der Waals surface area contributed by atoms with E-state index >= 15 is 0 Å². The number of β-amino-alcohol motifs (C(OH)–C–C–N with tert-alkyl or cyclic N) is 1. The summed E-state index contributed by atoms with van der Waals surface area (Å²) in [6.45, 7) is 5.76. The molecule has 2 aliphatic rings. The van der Waals surface area contributed by atoms with Gasteiger partial charge in [0, 0.05) is 13.1 Å². The number of carbonyl (C=O) groups excluding carboxylic acids is 1. The molecule has 1 aliphatic carbocycles. The van der Waals surface area contributed by atoms with Crippen LogP contribution in [0.5, 0.6) is 0 Å².